The minimum atomic E-state index is -3.63. The lowest BCUT2D eigenvalue weighted by Crippen LogP contribution is -2.21. The monoisotopic (exact) mass is 423 g/mol. The lowest BCUT2D eigenvalue weighted by molar-refractivity contribution is 0.0955. The number of amides is 1. The molecule has 0 spiro atoms. The molecule has 0 aliphatic heterocycles. The minimum Gasteiger partial charge on any atom is -0.347 e. The molecule has 1 amide bonds. The van der Waals surface area contributed by atoms with E-state index in [0.717, 1.165) is 15.6 Å². The van der Waals surface area contributed by atoms with Crippen molar-refractivity contribution in [2.24, 2.45) is 0 Å². The lowest BCUT2D eigenvalue weighted by atomic mass is 10.2. The Kier molecular flexibility index (Phi) is 5.12. The van der Waals surface area contributed by atoms with E-state index in [2.05, 4.69) is 15.3 Å². The first-order chi connectivity index (χ1) is 13.9. The van der Waals surface area contributed by atoms with Gasteiger partial charge in [-0.1, -0.05) is 12.1 Å². The molecule has 0 aliphatic carbocycles. The highest BCUT2D eigenvalue weighted by Gasteiger charge is 2.20. The molecule has 0 unspecified atom stereocenters. The number of aryl methyl sites for hydroxylation is 1. The number of hydrogen-bond donors (Lipinski definition) is 1. The molecule has 0 atom stereocenters. The molecule has 0 saturated heterocycles. The van der Waals surface area contributed by atoms with Crippen molar-refractivity contribution < 1.29 is 13.2 Å². The molecule has 0 fully saturated rings. The molecule has 1 aromatic carbocycles. The molecule has 3 aromatic heterocycles. The third kappa shape index (κ3) is 3.90. The van der Waals surface area contributed by atoms with Crippen molar-refractivity contribution in [3.63, 3.8) is 0 Å². The number of rotatable bonds is 5. The number of thiophene rings is 1. The summed E-state index contributed by atoms with van der Waals surface area (Å²) in [6.45, 7) is 2.04. The minimum absolute atomic E-state index is 0.172. The Hall–Kier alpha value is -3.10. The van der Waals surface area contributed by atoms with Gasteiger partial charge in [-0.15, -0.1) is 11.3 Å². The van der Waals surface area contributed by atoms with Crippen LogP contribution in [-0.4, -0.2) is 24.3 Å². The zero-order valence-electron chi connectivity index (χ0n) is 15.5. The highest BCUT2D eigenvalue weighted by atomic mass is 32.2. The Morgan fingerprint density at radius 3 is 2.48 bits per heavy atom. The lowest BCUT2D eigenvalue weighted by Gasteiger charge is -2.08. The summed E-state index contributed by atoms with van der Waals surface area (Å²) in [5.74, 6) is -0.172. The van der Waals surface area contributed by atoms with Gasteiger partial charge in [-0.3, -0.25) is 14.8 Å². The van der Waals surface area contributed by atoms with E-state index in [4.69, 9.17) is 0 Å². The first-order valence-electron chi connectivity index (χ1n) is 8.81. The van der Waals surface area contributed by atoms with E-state index < -0.39 is 9.84 Å². The number of nitrogens with zero attached hydrogens (tertiary/aromatic N) is 2. The van der Waals surface area contributed by atoms with Crippen LogP contribution in [0.1, 0.15) is 20.8 Å². The maximum Gasteiger partial charge on any atom is 0.261 e. The van der Waals surface area contributed by atoms with Crippen LogP contribution in [0.5, 0.6) is 0 Å². The fourth-order valence-corrected chi connectivity index (χ4v) is 5.30. The van der Waals surface area contributed by atoms with Gasteiger partial charge in [-0.2, -0.15) is 0 Å². The van der Waals surface area contributed by atoms with Gasteiger partial charge in [0.05, 0.1) is 19.4 Å². The molecule has 6 nitrogen and oxygen atoms in total. The molecule has 0 aliphatic rings. The molecule has 4 rings (SSSR count). The maximum atomic E-state index is 12.8. The van der Waals surface area contributed by atoms with Crippen LogP contribution in [0.15, 0.2) is 77.0 Å². The molecular formula is C21H17N3O3S2. The van der Waals surface area contributed by atoms with Crippen molar-refractivity contribution in [1.29, 1.82) is 0 Å². The Bertz CT molecular complexity index is 1260. The molecule has 8 heteroatoms. The van der Waals surface area contributed by atoms with Crippen LogP contribution in [-0.2, 0) is 16.4 Å². The van der Waals surface area contributed by atoms with E-state index in [0.29, 0.717) is 17.0 Å². The van der Waals surface area contributed by atoms with Gasteiger partial charge in [-0.25, -0.2) is 8.42 Å². The number of carbonyl (C=O) groups is 1. The van der Waals surface area contributed by atoms with Crippen molar-refractivity contribution in [3.8, 4) is 0 Å². The second-order valence-corrected chi connectivity index (χ2v) is 9.50. The van der Waals surface area contributed by atoms with E-state index in [-0.39, 0.29) is 15.7 Å². The molecule has 0 bridgehead atoms. The normalized spacial score (nSPS) is 11.5. The second-order valence-electron chi connectivity index (χ2n) is 6.50. The fourth-order valence-electron chi connectivity index (χ4n) is 2.91. The largest absolute Gasteiger partial charge is 0.347 e. The summed E-state index contributed by atoms with van der Waals surface area (Å²) in [5.41, 5.74) is 1.46. The highest BCUT2D eigenvalue weighted by molar-refractivity contribution is 7.91. The molecule has 0 saturated carbocycles. The average Bonchev–Trinajstić information content (AvgIpc) is 3.17. The van der Waals surface area contributed by atoms with Gasteiger partial charge in [-0.05, 0) is 53.8 Å². The number of aromatic nitrogens is 2. The van der Waals surface area contributed by atoms with Gasteiger partial charge >= 0.3 is 0 Å². The highest BCUT2D eigenvalue weighted by Crippen LogP contribution is 2.25. The Labute approximate surface area is 172 Å². The summed E-state index contributed by atoms with van der Waals surface area (Å²) < 4.78 is 26.5. The van der Waals surface area contributed by atoms with Crippen molar-refractivity contribution in [2.45, 2.75) is 23.3 Å². The van der Waals surface area contributed by atoms with E-state index in [1.54, 1.807) is 55.8 Å². The van der Waals surface area contributed by atoms with E-state index in [9.17, 15) is 13.2 Å². The van der Waals surface area contributed by atoms with Crippen LogP contribution in [0.3, 0.4) is 0 Å². The van der Waals surface area contributed by atoms with Crippen LogP contribution in [0.4, 0.5) is 0 Å². The average molecular weight is 424 g/mol. The molecule has 146 valence electrons. The molecular weight excluding hydrogens is 406 g/mol. The third-order valence-corrected chi connectivity index (χ3v) is 7.50. The van der Waals surface area contributed by atoms with Gasteiger partial charge in [0.1, 0.15) is 0 Å². The summed E-state index contributed by atoms with van der Waals surface area (Å²) >= 11 is 1.39. The molecule has 4 aromatic rings. The standard InChI is InChI=1S/C21H17N3O3S2/c1-14-6-8-23-13-20(14)29(26,27)17-4-2-15(3-5-17)11-24-21(25)18-10-16-7-9-22-12-19(16)28-18/h2-10,12-13H,11H2,1H3,(H,24,25). The summed E-state index contributed by atoms with van der Waals surface area (Å²) in [5, 5.41) is 3.85. The SMILES string of the molecule is Cc1ccncc1S(=O)(=O)c1ccc(CNC(=O)c2cc3ccncc3s2)cc1. The number of carbonyl (C=O) groups excluding carboxylic acids is 1. The zero-order chi connectivity index (χ0) is 20.4. The van der Waals surface area contributed by atoms with E-state index >= 15 is 0 Å². The van der Waals surface area contributed by atoms with Gasteiger partial charge in [0.15, 0.2) is 0 Å². The van der Waals surface area contributed by atoms with Crippen molar-refractivity contribution >= 4 is 37.2 Å². The van der Waals surface area contributed by atoms with Gasteiger partial charge < -0.3 is 5.32 Å². The van der Waals surface area contributed by atoms with Crippen LogP contribution < -0.4 is 5.32 Å². The van der Waals surface area contributed by atoms with Crippen LogP contribution in [0.2, 0.25) is 0 Å². The number of benzene rings is 1. The third-order valence-electron chi connectivity index (χ3n) is 4.51. The summed E-state index contributed by atoms with van der Waals surface area (Å²) in [6.07, 6.45) is 6.35. The first kappa shape index (κ1) is 19.2. The van der Waals surface area contributed by atoms with Gasteiger partial charge in [0.25, 0.3) is 5.91 Å². The summed E-state index contributed by atoms with van der Waals surface area (Å²) in [6, 6.07) is 11.9. The number of nitrogens with one attached hydrogen (secondary N) is 1. The van der Waals surface area contributed by atoms with Crippen molar-refractivity contribution in [2.75, 3.05) is 0 Å². The Morgan fingerprint density at radius 2 is 1.76 bits per heavy atom. The van der Waals surface area contributed by atoms with E-state index in [1.165, 1.54) is 17.5 Å². The number of sulfone groups is 1. The summed E-state index contributed by atoms with van der Waals surface area (Å²) in [7, 11) is -3.63. The molecule has 3 heterocycles. The first-order valence-corrected chi connectivity index (χ1v) is 11.1. The summed E-state index contributed by atoms with van der Waals surface area (Å²) in [4.78, 5) is 21.4. The molecule has 0 radical (unpaired) electrons. The fraction of sp³-hybridized carbons (Fsp3) is 0.0952. The zero-order valence-corrected chi connectivity index (χ0v) is 17.1. The molecule has 29 heavy (non-hydrogen) atoms. The number of fused-ring (bicyclic) bond motifs is 1. The van der Waals surface area contributed by atoms with Gasteiger partial charge in [0.2, 0.25) is 9.84 Å². The van der Waals surface area contributed by atoms with Crippen molar-refractivity contribution in [1.82, 2.24) is 15.3 Å². The van der Waals surface area contributed by atoms with Gasteiger partial charge in [0, 0.05) is 31.3 Å². The predicted octanol–water partition coefficient (Wildman–Crippen LogP) is 3.76. The topological polar surface area (TPSA) is 89.0 Å². The predicted molar refractivity (Wildman–Crippen MR) is 112 cm³/mol. The quantitative estimate of drug-likeness (QED) is 0.528. The van der Waals surface area contributed by atoms with Crippen LogP contribution in [0.25, 0.3) is 10.1 Å². The van der Waals surface area contributed by atoms with Crippen molar-refractivity contribution in [3.05, 3.63) is 83.3 Å². The molecule has 1 N–H and O–H groups in total. The van der Waals surface area contributed by atoms with Crippen LogP contribution >= 0.6 is 11.3 Å². The number of pyridine rings is 2. The Morgan fingerprint density at radius 1 is 1.03 bits per heavy atom. The second kappa shape index (κ2) is 7.73. The van der Waals surface area contributed by atoms with E-state index in [1.807, 2.05) is 12.1 Å². The van der Waals surface area contributed by atoms with Crippen LogP contribution in [0, 0.1) is 6.92 Å². The number of hydrogen-bond acceptors (Lipinski definition) is 6. The maximum absolute atomic E-state index is 12.8. The smallest absolute Gasteiger partial charge is 0.261 e. The Balaban J connectivity index is 1.47.